The van der Waals surface area contributed by atoms with Crippen molar-refractivity contribution in [2.45, 2.75) is 64.2 Å². The highest BCUT2D eigenvalue weighted by Crippen LogP contribution is 2.48. The third-order valence-electron chi connectivity index (χ3n) is 5.66. The average molecular weight is 272 g/mol. The van der Waals surface area contributed by atoms with Gasteiger partial charge < -0.3 is 4.74 Å². The van der Waals surface area contributed by atoms with E-state index in [1.54, 1.807) is 12.7 Å². The van der Waals surface area contributed by atoms with Gasteiger partial charge in [0.2, 0.25) is 0 Å². The van der Waals surface area contributed by atoms with Crippen molar-refractivity contribution in [2.24, 2.45) is 11.8 Å². The van der Waals surface area contributed by atoms with E-state index >= 15 is 0 Å². The lowest BCUT2D eigenvalue weighted by molar-refractivity contribution is 0.301. The number of benzene rings is 1. The molecule has 2 unspecified atom stereocenters. The maximum atomic E-state index is 5.34. The van der Waals surface area contributed by atoms with E-state index < -0.39 is 0 Å². The van der Waals surface area contributed by atoms with Gasteiger partial charge in [-0.1, -0.05) is 44.6 Å². The molecule has 0 N–H and O–H groups in total. The molecule has 0 bridgehead atoms. The second kappa shape index (κ2) is 6.20. The van der Waals surface area contributed by atoms with Gasteiger partial charge in [0.05, 0.1) is 7.11 Å². The number of rotatable bonds is 2. The normalized spacial score (nSPS) is 30.4. The van der Waals surface area contributed by atoms with E-state index in [0.29, 0.717) is 0 Å². The molecule has 0 aromatic heterocycles. The molecule has 3 atom stereocenters. The molecule has 0 radical (unpaired) electrons. The van der Waals surface area contributed by atoms with Crippen molar-refractivity contribution in [3.05, 3.63) is 29.3 Å². The minimum Gasteiger partial charge on any atom is -0.497 e. The maximum absolute atomic E-state index is 5.34. The Labute approximate surface area is 123 Å². The van der Waals surface area contributed by atoms with Crippen LogP contribution in [0.2, 0.25) is 0 Å². The lowest BCUT2D eigenvalue weighted by Crippen LogP contribution is -2.09. The van der Waals surface area contributed by atoms with Gasteiger partial charge in [-0.3, -0.25) is 0 Å². The summed E-state index contributed by atoms with van der Waals surface area (Å²) < 4.78 is 5.34. The topological polar surface area (TPSA) is 9.23 Å². The summed E-state index contributed by atoms with van der Waals surface area (Å²) in [6.45, 7) is 2.25. The summed E-state index contributed by atoms with van der Waals surface area (Å²) >= 11 is 0. The molecule has 1 aromatic rings. The van der Waals surface area contributed by atoms with E-state index in [-0.39, 0.29) is 0 Å². The van der Waals surface area contributed by atoms with E-state index in [0.717, 1.165) is 23.5 Å². The second-order valence-corrected chi connectivity index (χ2v) is 6.90. The van der Waals surface area contributed by atoms with Crippen LogP contribution in [-0.2, 0) is 0 Å². The van der Waals surface area contributed by atoms with Crippen LogP contribution in [0, 0.1) is 18.8 Å². The van der Waals surface area contributed by atoms with Crippen molar-refractivity contribution < 1.29 is 4.74 Å². The van der Waals surface area contributed by atoms with Crippen LogP contribution in [0.15, 0.2) is 18.2 Å². The Morgan fingerprint density at radius 2 is 1.60 bits per heavy atom. The molecule has 0 heterocycles. The van der Waals surface area contributed by atoms with Crippen molar-refractivity contribution in [3.8, 4) is 5.75 Å². The van der Waals surface area contributed by atoms with Gasteiger partial charge in [-0.2, -0.15) is 0 Å². The number of methoxy groups -OCH3 is 1. The Kier molecular flexibility index (Phi) is 4.33. The summed E-state index contributed by atoms with van der Waals surface area (Å²) in [6.07, 6.45) is 11.7. The monoisotopic (exact) mass is 272 g/mol. The van der Waals surface area contributed by atoms with E-state index in [1.807, 2.05) is 0 Å². The molecule has 20 heavy (non-hydrogen) atoms. The minimum absolute atomic E-state index is 0.800. The molecule has 1 nitrogen and oxygen atoms in total. The summed E-state index contributed by atoms with van der Waals surface area (Å²) in [5.41, 5.74) is 3.00. The molecule has 0 amide bonds. The minimum atomic E-state index is 0.800. The Hall–Kier alpha value is -0.980. The highest BCUT2D eigenvalue weighted by atomic mass is 16.5. The standard InChI is InChI=1S/C19H28O/c1-14-11-18(20-2)9-10-19(14)17-12-15-7-5-3-4-6-8-16(15)13-17/h9-11,15-17H,3-8,12-13H2,1-2H3/t15-,16?,17?/m1/s1. The van der Waals surface area contributed by atoms with Gasteiger partial charge in [-0.05, 0) is 60.8 Å². The SMILES string of the molecule is COc1ccc(C2CC3CCCCCC[C@@H]3C2)c(C)c1. The van der Waals surface area contributed by atoms with Crippen molar-refractivity contribution in [1.82, 2.24) is 0 Å². The van der Waals surface area contributed by atoms with E-state index in [9.17, 15) is 0 Å². The maximum Gasteiger partial charge on any atom is 0.119 e. The number of ether oxygens (including phenoxy) is 1. The first-order valence-electron chi connectivity index (χ1n) is 8.42. The zero-order chi connectivity index (χ0) is 13.9. The van der Waals surface area contributed by atoms with E-state index in [1.165, 1.54) is 56.9 Å². The number of hydrogen-bond donors (Lipinski definition) is 0. The summed E-state index contributed by atoms with van der Waals surface area (Å²) in [5, 5.41) is 0. The lowest BCUT2D eigenvalue weighted by atomic mass is 9.84. The first-order chi connectivity index (χ1) is 9.78. The number of aryl methyl sites for hydroxylation is 1. The summed E-state index contributed by atoms with van der Waals surface area (Å²) in [4.78, 5) is 0. The highest BCUT2D eigenvalue weighted by molar-refractivity contribution is 5.37. The second-order valence-electron chi connectivity index (χ2n) is 6.90. The largest absolute Gasteiger partial charge is 0.497 e. The molecule has 110 valence electrons. The lowest BCUT2D eigenvalue weighted by Gasteiger charge is -2.21. The number of fused-ring (bicyclic) bond motifs is 1. The highest BCUT2D eigenvalue weighted by Gasteiger charge is 2.35. The molecule has 0 spiro atoms. The zero-order valence-corrected chi connectivity index (χ0v) is 13.0. The molecule has 0 aliphatic heterocycles. The summed E-state index contributed by atoms with van der Waals surface area (Å²) in [7, 11) is 1.76. The molecule has 2 aliphatic carbocycles. The van der Waals surface area contributed by atoms with Crippen LogP contribution < -0.4 is 4.74 Å². The van der Waals surface area contributed by atoms with Gasteiger partial charge >= 0.3 is 0 Å². The molecule has 1 heteroatoms. The average Bonchev–Trinajstić information content (AvgIpc) is 2.80. The molecular formula is C19H28O. The van der Waals surface area contributed by atoms with Gasteiger partial charge in [0, 0.05) is 0 Å². The van der Waals surface area contributed by atoms with Gasteiger partial charge in [0.1, 0.15) is 5.75 Å². The molecule has 0 saturated heterocycles. The van der Waals surface area contributed by atoms with Crippen LogP contribution in [0.3, 0.4) is 0 Å². The third kappa shape index (κ3) is 2.87. The number of hydrogen-bond acceptors (Lipinski definition) is 1. The van der Waals surface area contributed by atoms with Crippen LogP contribution in [0.25, 0.3) is 0 Å². The van der Waals surface area contributed by atoms with Crippen molar-refractivity contribution >= 4 is 0 Å². The van der Waals surface area contributed by atoms with Gasteiger partial charge in [-0.25, -0.2) is 0 Å². The van der Waals surface area contributed by atoms with Crippen LogP contribution in [0.5, 0.6) is 5.75 Å². The Morgan fingerprint density at radius 1 is 0.950 bits per heavy atom. The molecule has 3 rings (SSSR count). The van der Waals surface area contributed by atoms with Crippen molar-refractivity contribution in [1.29, 1.82) is 0 Å². The molecular weight excluding hydrogens is 244 g/mol. The molecule has 2 saturated carbocycles. The Morgan fingerprint density at radius 3 is 2.15 bits per heavy atom. The van der Waals surface area contributed by atoms with Crippen LogP contribution in [0.1, 0.15) is 68.4 Å². The molecule has 1 aromatic carbocycles. The molecule has 2 aliphatic rings. The van der Waals surface area contributed by atoms with E-state index in [4.69, 9.17) is 4.74 Å². The Balaban J connectivity index is 1.75. The molecule has 2 fully saturated rings. The predicted octanol–water partition coefficient (Wildman–Crippen LogP) is 5.47. The van der Waals surface area contributed by atoms with Crippen LogP contribution in [-0.4, -0.2) is 7.11 Å². The summed E-state index contributed by atoms with van der Waals surface area (Å²) in [6, 6.07) is 6.66. The van der Waals surface area contributed by atoms with Crippen molar-refractivity contribution in [3.63, 3.8) is 0 Å². The van der Waals surface area contributed by atoms with Crippen molar-refractivity contribution in [2.75, 3.05) is 7.11 Å². The zero-order valence-electron chi connectivity index (χ0n) is 13.0. The first kappa shape index (κ1) is 14.0. The predicted molar refractivity (Wildman–Crippen MR) is 84.4 cm³/mol. The van der Waals surface area contributed by atoms with Crippen LogP contribution >= 0.6 is 0 Å². The first-order valence-corrected chi connectivity index (χ1v) is 8.42. The fourth-order valence-electron chi connectivity index (χ4n) is 4.57. The smallest absolute Gasteiger partial charge is 0.119 e. The fraction of sp³-hybridized carbons (Fsp3) is 0.684. The fourth-order valence-corrected chi connectivity index (χ4v) is 4.57. The summed E-state index contributed by atoms with van der Waals surface area (Å²) in [5.74, 6) is 3.80. The third-order valence-corrected chi connectivity index (χ3v) is 5.66. The van der Waals surface area contributed by atoms with Gasteiger partial charge in [0.15, 0.2) is 0 Å². The van der Waals surface area contributed by atoms with Gasteiger partial charge in [-0.15, -0.1) is 0 Å². The quantitative estimate of drug-likeness (QED) is 0.694. The van der Waals surface area contributed by atoms with Crippen LogP contribution in [0.4, 0.5) is 0 Å². The Bertz CT molecular complexity index is 435. The van der Waals surface area contributed by atoms with Gasteiger partial charge in [0.25, 0.3) is 0 Å². The van der Waals surface area contributed by atoms with E-state index in [2.05, 4.69) is 25.1 Å².